The largest absolute Gasteiger partial charge is 0.479 e. The standard InChI is InChI=1S/C13H20OS2.C9H17NO2.C8H15NO2.C7H16OS2/c1-13(2,3)14-9-10-15-16-11-12-7-5-4-6-8-12;1-9(2,3)12-6-4-8-10-5-7-11-8;1-8(2,3)11-6-7-9-4-5-10-7;1-7(2,3)8-5-6-10-9-4/h4-8H,9-11H2,1-3H3;4-7H2,1-3H3;4-6H2,1-3H3;5-6H2,1-4H3. The van der Waals surface area contributed by atoms with E-state index in [-0.39, 0.29) is 22.4 Å². The van der Waals surface area contributed by atoms with Crippen LogP contribution in [0.25, 0.3) is 0 Å². The molecule has 12 heteroatoms. The topological polar surface area (TPSA) is 80.1 Å². The quantitative estimate of drug-likeness (QED) is 0.127. The molecule has 0 radical (unpaired) electrons. The van der Waals surface area contributed by atoms with Gasteiger partial charge in [-0.05, 0) is 94.9 Å². The maximum Gasteiger partial charge on any atom is 0.210 e. The molecule has 3 rings (SSSR count). The first-order valence-corrected chi connectivity index (χ1v) is 22.3. The summed E-state index contributed by atoms with van der Waals surface area (Å²) in [6, 6.07) is 10.6. The summed E-state index contributed by atoms with van der Waals surface area (Å²) in [5.74, 6) is 4.79. The lowest BCUT2D eigenvalue weighted by Crippen LogP contribution is -2.23. The highest BCUT2D eigenvalue weighted by Crippen LogP contribution is 2.26. The van der Waals surface area contributed by atoms with E-state index in [1.54, 1.807) is 10.8 Å². The molecule has 2 aliphatic rings. The van der Waals surface area contributed by atoms with Crippen LogP contribution in [0.2, 0.25) is 0 Å². The SMILES string of the molecule is CC(C)(C)OCC1=NCCO1.CC(C)(C)OCCC1=NCCO1.CC(C)(C)OCCSSCc1ccccc1.CSSCCOC(C)(C)C. The van der Waals surface area contributed by atoms with Crippen molar-refractivity contribution in [2.24, 2.45) is 9.98 Å². The van der Waals surface area contributed by atoms with Gasteiger partial charge in [0, 0.05) is 23.7 Å². The third-order valence-corrected chi connectivity index (χ3v) is 9.53. The van der Waals surface area contributed by atoms with Gasteiger partial charge in [0.2, 0.25) is 5.90 Å². The van der Waals surface area contributed by atoms with Crippen molar-refractivity contribution in [2.75, 3.05) is 70.5 Å². The van der Waals surface area contributed by atoms with Crippen LogP contribution in [0.3, 0.4) is 0 Å². The van der Waals surface area contributed by atoms with E-state index in [1.165, 1.54) is 5.56 Å². The highest BCUT2D eigenvalue weighted by atomic mass is 33.1. The number of hydrogen-bond donors (Lipinski definition) is 0. The number of nitrogens with zero attached hydrogens (tertiary/aromatic N) is 2. The smallest absolute Gasteiger partial charge is 0.210 e. The van der Waals surface area contributed by atoms with E-state index < -0.39 is 0 Å². The van der Waals surface area contributed by atoms with Gasteiger partial charge in [-0.3, -0.25) is 9.98 Å². The van der Waals surface area contributed by atoms with E-state index >= 15 is 0 Å². The molecule has 0 aliphatic carbocycles. The lowest BCUT2D eigenvalue weighted by Gasteiger charge is -2.19. The Kier molecular flexibility index (Phi) is 26.7. The summed E-state index contributed by atoms with van der Waals surface area (Å²) in [5, 5.41) is 0. The second-order valence-electron chi connectivity index (χ2n) is 14.8. The summed E-state index contributed by atoms with van der Waals surface area (Å²) in [6.07, 6.45) is 2.89. The van der Waals surface area contributed by atoms with Crippen LogP contribution in [-0.2, 0) is 34.2 Å². The predicted molar refractivity (Wildman–Crippen MR) is 220 cm³/mol. The van der Waals surface area contributed by atoms with Gasteiger partial charge < -0.3 is 28.4 Å². The van der Waals surface area contributed by atoms with Crippen molar-refractivity contribution in [3.63, 3.8) is 0 Å². The van der Waals surface area contributed by atoms with Crippen LogP contribution >= 0.6 is 43.2 Å². The van der Waals surface area contributed by atoms with Crippen molar-refractivity contribution in [3.8, 4) is 0 Å². The fourth-order valence-electron chi connectivity index (χ4n) is 3.31. The number of rotatable bonds is 15. The van der Waals surface area contributed by atoms with E-state index in [9.17, 15) is 0 Å². The van der Waals surface area contributed by atoms with Gasteiger partial charge in [0.05, 0.1) is 55.3 Å². The number of benzene rings is 1. The minimum atomic E-state index is -0.103. The Bertz CT molecular complexity index is 1000. The second-order valence-corrected chi connectivity index (χ2v) is 20.1. The fourth-order valence-corrected chi connectivity index (χ4v) is 6.23. The lowest BCUT2D eigenvalue weighted by atomic mass is 10.2. The van der Waals surface area contributed by atoms with Crippen molar-refractivity contribution in [1.82, 2.24) is 0 Å². The van der Waals surface area contributed by atoms with Crippen molar-refractivity contribution in [2.45, 2.75) is 118 Å². The molecule has 0 atom stereocenters. The molecule has 8 nitrogen and oxygen atoms in total. The molecule has 0 spiro atoms. The zero-order valence-corrected chi connectivity index (χ0v) is 36.1. The highest BCUT2D eigenvalue weighted by Gasteiger charge is 2.15. The van der Waals surface area contributed by atoms with Gasteiger partial charge in [0.25, 0.3) is 0 Å². The Morgan fingerprint density at radius 2 is 1.06 bits per heavy atom. The molecule has 0 amide bonds. The average molecular weight is 765 g/mol. The summed E-state index contributed by atoms with van der Waals surface area (Å²) in [4.78, 5) is 8.28. The lowest BCUT2D eigenvalue weighted by molar-refractivity contribution is -0.0000361. The minimum absolute atomic E-state index is 0.00927. The molecule has 0 fully saturated rings. The van der Waals surface area contributed by atoms with Gasteiger partial charge in [-0.15, -0.1) is 0 Å². The normalized spacial score (nSPS) is 14.6. The maximum absolute atomic E-state index is 5.65. The summed E-state index contributed by atoms with van der Waals surface area (Å²) < 4.78 is 32.5. The van der Waals surface area contributed by atoms with E-state index in [1.807, 2.05) is 73.9 Å². The number of aliphatic imine (C=N–C) groups is 2. The third-order valence-electron chi connectivity index (χ3n) is 5.45. The molecule has 0 saturated carbocycles. The number of hydrogen-bond acceptors (Lipinski definition) is 12. The molecule has 0 unspecified atom stereocenters. The molecule has 1 aromatic rings. The van der Waals surface area contributed by atoms with Crippen LogP contribution in [0.5, 0.6) is 0 Å². The minimum Gasteiger partial charge on any atom is -0.479 e. The molecule has 0 saturated heterocycles. The second kappa shape index (κ2) is 27.1. The first-order chi connectivity index (χ1) is 22.8. The van der Waals surface area contributed by atoms with Crippen LogP contribution in [0.1, 0.15) is 95.1 Å². The average Bonchev–Trinajstić information content (AvgIpc) is 3.71. The van der Waals surface area contributed by atoms with Crippen molar-refractivity contribution >= 4 is 55.0 Å². The molecule has 2 aliphatic heterocycles. The maximum atomic E-state index is 5.65. The van der Waals surface area contributed by atoms with Crippen molar-refractivity contribution in [3.05, 3.63) is 35.9 Å². The molecule has 2 heterocycles. The summed E-state index contributed by atoms with van der Waals surface area (Å²) in [5.41, 5.74) is 1.24. The molecule has 0 bridgehead atoms. The van der Waals surface area contributed by atoms with E-state index in [0.29, 0.717) is 19.8 Å². The fraction of sp³-hybridized carbons (Fsp3) is 0.784. The highest BCUT2D eigenvalue weighted by molar-refractivity contribution is 8.76. The van der Waals surface area contributed by atoms with Crippen molar-refractivity contribution < 1.29 is 28.4 Å². The first-order valence-electron chi connectivity index (χ1n) is 17.1. The van der Waals surface area contributed by atoms with Crippen molar-refractivity contribution in [1.29, 1.82) is 0 Å². The Hall–Kier alpha value is -0.600. The monoisotopic (exact) mass is 764 g/mol. The summed E-state index contributed by atoms with van der Waals surface area (Å²) >= 11 is 0. The van der Waals surface area contributed by atoms with Gasteiger partial charge in [0.15, 0.2) is 5.90 Å². The van der Waals surface area contributed by atoms with Gasteiger partial charge in [-0.1, -0.05) is 73.5 Å². The zero-order chi connectivity index (χ0) is 37.2. The zero-order valence-electron chi connectivity index (χ0n) is 32.8. The van der Waals surface area contributed by atoms with Gasteiger partial charge in [0.1, 0.15) is 19.8 Å². The van der Waals surface area contributed by atoms with Crippen LogP contribution < -0.4 is 0 Å². The number of ether oxygens (including phenoxy) is 6. The molecule has 1 aromatic carbocycles. The van der Waals surface area contributed by atoms with E-state index in [4.69, 9.17) is 28.4 Å². The molecular weight excluding hydrogens is 697 g/mol. The van der Waals surface area contributed by atoms with E-state index in [0.717, 1.165) is 68.4 Å². The molecule has 0 aromatic heterocycles. The van der Waals surface area contributed by atoms with Crippen LogP contribution in [-0.4, -0.2) is 105 Å². The third kappa shape index (κ3) is 37.0. The summed E-state index contributed by atoms with van der Waals surface area (Å²) in [6.45, 7) is 30.6. The van der Waals surface area contributed by atoms with Crippen LogP contribution in [0, 0.1) is 0 Å². The molecule has 286 valence electrons. The van der Waals surface area contributed by atoms with Gasteiger partial charge in [-0.25, -0.2) is 0 Å². The van der Waals surface area contributed by atoms with Crippen LogP contribution in [0.15, 0.2) is 40.3 Å². The Morgan fingerprint density at radius 3 is 1.51 bits per heavy atom. The molecule has 49 heavy (non-hydrogen) atoms. The van der Waals surface area contributed by atoms with Crippen LogP contribution in [0.4, 0.5) is 0 Å². The van der Waals surface area contributed by atoms with E-state index in [2.05, 4.69) is 88.1 Å². The first kappa shape index (κ1) is 48.4. The Balaban J connectivity index is 0.000000638. The van der Waals surface area contributed by atoms with Gasteiger partial charge >= 0.3 is 0 Å². The van der Waals surface area contributed by atoms with Gasteiger partial charge in [-0.2, -0.15) is 0 Å². The Morgan fingerprint density at radius 1 is 0.592 bits per heavy atom. The summed E-state index contributed by atoms with van der Waals surface area (Å²) in [7, 11) is 7.40. The molecule has 0 N–H and O–H groups in total. The predicted octanol–water partition coefficient (Wildman–Crippen LogP) is 10.0. The molecular formula is C37H68N2O6S4. The Labute approximate surface area is 316 Å².